The Labute approximate surface area is 114 Å². The highest BCUT2D eigenvalue weighted by Gasteiger charge is 2.05. The highest BCUT2D eigenvalue weighted by molar-refractivity contribution is 5.92. The minimum Gasteiger partial charge on any atom is -0.349 e. The van der Waals surface area contributed by atoms with Crippen LogP contribution in [0.5, 0.6) is 0 Å². The Kier molecular flexibility index (Phi) is 6.02. The minimum absolute atomic E-state index is 0.0713. The van der Waals surface area contributed by atoms with Gasteiger partial charge in [-0.1, -0.05) is 12.1 Å². The van der Waals surface area contributed by atoms with E-state index in [0.29, 0.717) is 19.4 Å². The molecule has 0 aliphatic carbocycles. The van der Waals surface area contributed by atoms with Gasteiger partial charge >= 0.3 is 0 Å². The van der Waals surface area contributed by atoms with E-state index in [1.54, 1.807) is 26.0 Å². The Bertz CT molecular complexity index is 427. The van der Waals surface area contributed by atoms with Crippen molar-refractivity contribution < 1.29 is 9.59 Å². The van der Waals surface area contributed by atoms with E-state index in [0.717, 1.165) is 11.3 Å². The van der Waals surface area contributed by atoms with Gasteiger partial charge in [0, 0.05) is 26.2 Å². The van der Waals surface area contributed by atoms with Gasteiger partial charge in [-0.05, 0) is 31.2 Å². The van der Waals surface area contributed by atoms with Gasteiger partial charge in [-0.2, -0.15) is 0 Å². The molecule has 0 aliphatic rings. The van der Waals surface area contributed by atoms with Crippen molar-refractivity contribution in [3.63, 3.8) is 0 Å². The van der Waals surface area contributed by atoms with E-state index in [-0.39, 0.29) is 11.8 Å². The molecule has 2 N–H and O–H groups in total. The lowest BCUT2D eigenvalue weighted by Crippen LogP contribution is -2.25. The second-order valence-corrected chi connectivity index (χ2v) is 4.56. The zero-order chi connectivity index (χ0) is 14.3. The molecule has 0 saturated heterocycles. The summed E-state index contributed by atoms with van der Waals surface area (Å²) in [5.41, 5.74) is 1.85. The quantitative estimate of drug-likeness (QED) is 0.800. The van der Waals surface area contributed by atoms with Gasteiger partial charge in [-0.3, -0.25) is 9.59 Å². The summed E-state index contributed by atoms with van der Waals surface area (Å²) in [5, 5.41) is 5.56. The molecule has 0 aromatic heterocycles. The maximum absolute atomic E-state index is 11.5. The number of amides is 2. The molecule has 0 aliphatic heterocycles. The third-order valence-electron chi connectivity index (χ3n) is 2.70. The third kappa shape index (κ3) is 5.52. The van der Waals surface area contributed by atoms with Crippen molar-refractivity contribution in [2.45, 2.75) is 12.8 Å². The fourth-order valence-corrected chi connectivity index (χ4v) is 1.60. The molecule has 0 heterocycles. The fourth-order valence-electron chi connectivity index (χ4n) is 1.60. The van der Waals surface area contributed by atoms with Gasteiger partial charge in [0.05, 0.1) is 6.54 Å². The number of benzene rings is 1. The predicted octanol–water partition coefficient (Wildman–Crippen LogP) is 0.865. The molecule has 1 aromatic rings. The van der Waals surface area contributed by atoms with Crippen LogP contribution in [0.25, 0.3) is 0 Å². The maximum Gasteiger partial charge on any atom is 0.238 e. The van der Waals surface area contributed by atoms with Crippen LogP contribution in [0.2, 0.25) is 0 Å². The normalized spacial score (nSPS) is 10.1. The number of rotatable bonds is 6. The molecule has 5 nitrogen and oxygen atoms in total. The lowest BCUT2D eigenvalue weighted by Gasteiger charge is -2.10. The zero-order valence-electron chi connectivity index (χ0n) is 11.7. The molecule has 104 valence electrons. The van der Waals surface area contributed by atoms with Crippen LogP contribution in [0.3, 0.4) is 0 Å². The van der Waals surface area contributed by atoms with Crippen LogP contribution in [0.1, 0.15) is 12.0 Å². The van der Waals surface area contributed by atoms with Crippen molar-refractivity contribution in [1.82, 2.24) is 10.2 Å². The average Bonchev–Trinajstić information content (AvgIpc) is 2.37. The molecular formula is C14H21N3O2. The first-order valence-corrected chi connectivity index (χ1v) is 6.26. The lowest BCUT2D eigenvalue weighted by atomic mass is 10.1. The molecule has 2 amide bonds. The summed E-state index contributed by atoms with van der Waals surface area (Å²) in [4.78, 5) is 24.4. The standard InChI is InChI=1S/C14H21N3O2/c1-15-10-13(18)16-12-7-4-11(5-8-12)6-9-14(19)17(2)3/h4-5,7-8,15H,6,9-10H2,1-3H3,(H,16,18). The predicted molar refractivity (Wildman–Crippen MR) is 76.0 cm³/mol. The number of nitrogens with one attached hydrogen (secondary N) is 2. The van der Waals surface area contributed by atoms with E-state index in [1.807, 2.05) is 24.3 Å². The van der Waals surface area contributed by atoms with Gasteiger partial charge in [-0.25, -0.2) is 0 Å². The molecule has 0 fully saturated rings. The van der Waals surface area contributed by atoms with E-state index in [4.69, 9.17) is 0 Å². The molecule has 5 heteroatoms. The van der Waals surface area contributed by atoms with Crippen LogP contribution >= 0.6 is 0 Å². The molecule has 0 radical (unpaired) electrons. The summed E-state index contributed by atoms with van der Waals surface area (Å²) >= 11 is 0. The first-order valence-electron chi connectivity index (χ1n) is 6.26. The summed E-state index contributed by atoms with van der Waals surface area (Å²) in [6.45, 7) is 0.291. The van der Waals surface area contributed by atoms with Crippen LogP contribution in [-0.2, 0) is 16.0 Å². The number of nitrogens with zero attached hydrogens (tertiary/aromatic N) is 1. The van der Waals surface area contributed by atoms with Crippen molar-refractivity contribution in [1.29, 1.82) is 0 Å². The van der Waals surface area contributed by atoms with Crippen LogP contribution in [0.4, 0.5) is 5.69 Å². The molecule has 0 saturated carbocycles. The van der Waals surface area contributed by atoms with Crippen molar-refractivity contribution in [3.05, 3.63) is 29.8 Å². The summed E-state index contributed by atoms with van der Waals surface area (Å²) in [5.74, 6) is 0.0458. The number of anilines is 1. The summed E-state index contributed by atoms with van der Waals surface area (Å²) in [7, 11) is 5.23. The monoisotopic (exact) mass is 263 g/mol. The molecular weight excluding hydrogens is 242 g/mol. The number of carbonyl (C=O) groups excluding carboxylic acids is 2. The summed E-state index contributed by atoms with van der Waals surface area (Å²) in [6, 6.07) is 7.56. The molecule has 1 rings (SSSR count). The third-order valence-corrected chi connectivity index (χ3v) is 2.70. The van der Waals surface area contributed by atoms with Crippen LogP contribution in [-0.4, -0.2) is 44.4 Å². The van der Waals surface area contributed by atoms with E-state index >= 15 is 0 Å². The lowest BCUT2D eigenvalue weighted by molar-refractivity contribution is -0.128. The Balaban J connectivity index is 2.47. The summed E-state index contributed by atoms with van der Waals surface area (Å²) < 4.78 is 0. The summed E-state index contributed by atoms with van der Waals surface area (Å²) in [6.07, 6.45) is 1.21. The van der Waals surface area contributed by atoms with Crippen molar-refractivity contribution in [2.75, 3.05) is 33.0 Å². The minimum atomic E-state index is -0.0713. The first-order chi connectivity index (χ1) is 9.02. The zero-order valence-corrected chi connectivity index (χ0v) is 11.7. The molecule has 19 heavy (non-hydrogen) atoms. The number of hydrogen-bond donors (Lipinski definition) is 2. The number of carbonyl (C=O) groups is 2. The topological polar surface area (TPSA) is 61.4 Å². The number of aryl methyl sites for hydroxylation is 1. The van der Waals surface area contributed by atoms with Gasteiger partial charge in [-0.15, -0.1) is 0 Å². The van der Waals surface area contributed by atoms with E-state index < -0.39 is 0 Å². The van der Waals surface area contributed by atoms with E-state index in [1.165, 1.54) is 0 Å². The maximum atomic E-state index is 11.5. The number of likely N-dealkylation sites (N-methyl/N-ethyl adjacent to an activating group) is 1. The van der Waals surface area contributed by atoms with Crippen LogP contribution in [0, 0.1) is 0 Å². The van der Waals surface area contributed by atoms with Crippen molar-refractivity contribution >= 4 is 17.5 Å². The largest absolute Gasteiger partial charge is 0.349 e. The van der Waals surface area contributed by atoms with Gasteiger partial charge < -0.3 is 15.5 Å². The smallest absolute Gasteiger partial charge is 0.238 e. The highest BCUT2D eigenvalue weighted by Crippen LogP contribution is 2.11. The number of hydrogen-bond acceptors (Lipinski definition) is 3. The Morgan fingerprint density at radius 3 is 2.32 bits per heavy atom. The molecule has 0 unspecified atom stereocenters. The Morgan fingerprint density at radius 1 is 1.16 bits per heavy atom. The Hall–Kier alpha value is -1.88. The first kappa shape index (κ1) is 15.2. The van der Waals surface area contributed by atoms with Gasteiger partial charge in [0.25, 0.3) is 0 Å². The van der Waals surface area contributed by atoms with E-state index in [9.17, 15) is 9.59 Å². The van der Waals surface area contributed by atoms with Crippen molar-refractivity contribution in [2.24, 2.45) is 0 Å². The molecule has 0 bridgehead atoms. The molecule has 0 atom stereocenters. The fraction of sp³-hybridized carbons (Fsp3) is 0.429. The SMILES string of the molecule is CNCC(=O)Nc1ccc(CCC(=O)N(C)C)cc1. The van der Waals surface area contributed by atoms with Gasteiger partial charge in [0.2, 0.25) is 11.8 Å². The van der Waals surface area contributed by atoms with Gasteiger partial charge in [0.1, 0.15) is 0 Å². The van der Waals surface area contributed by atoms with Crippen LogP contribution in [0.15, 0.2) is 24.3 Å². The Morgan fingerprint density at radius 2 is 1.79 bits per heavy atom. The molecule has 1 aromatic carbocycles. The van der Waals surface area contributed by atoms with Crippen molar-refractivity contribution in [3.8, 4) is 0 Å². The highest BCUT2D eigenvalue weighted by atomic mass is 16.2. The van der Waals surface area contributed by atoms with E-state index in [2.05, 4.69) is 10.6 Å². The van der Waals surface area contributed by atoms with Gasteiger partial charge in [0.15, 0.2) is 0 Å². The average molecular weight is 263 g/mol. The second-order valence-electron chi connectivity index (χ2n) is 4.56. The molecule has 0 spiro atoms. The van der Waals surface area contributed by atoms with Crippen LogP contribution < -0.4 is 10.6 Å². The second kappa shape index (κ2) is 7.53.